The Morgan fingerprint density at radius 3 is 2.88 bits per heavy atom. The quantitative estimate of drug-likeness (QED) is 0.874. The molecule has 0 aromatic heterocycles. The number of rotatable bonds is 4. The SMILES string of the molecule is CNCC(=O)N(C)Cc1cc(Cl)ccc1F. The summed E-state index contributed by atoms with van der Waals surface area (Å²) in [5.41, 5.74) is 0.416. The lowest BCUT2D eigenvalue weighted by Crippen LogP contribution is -2.33. The fourth-order valence-corrected chi connectivity index (χ4v) is 1.49. The van der Waals surface area contributed by atoms with Crippen LogP contribution >= 0.6 is 11.6 Å². The van der Waals surface area contributed by atoms with Crippen molar-refractivity contribution in [1.82, 2.24) is 10.2 Å². The first-order valence-electron chi connectivity index (χ1n) is 4.87. The standard InChI is InChI=1S/C11H14ClFN2O/c1-14-6-11(16)15(2)7-8-5-9(12)3-4-10(8)13/h3-5,14H,6-7H2,1-2H3. The monoisotopic (exact) mass is 244 g/mol. The van der Waals surface area contributed by atoms with E-state index in [0.29, 0.717) is 10.6 Å². The molecule has 0 heterocycles. The van der Waals surface area contributed by atoms with Crippen molar-refractivity contribution in [2.45, 2.75) is 6.54 Å². The summed E-state index contributed by atoms with van der Waals surface area (Å²) in [5, 5.41) is 3.21. The predicted octanol–water partition coefficient (Wildman–Crippen LogP) is 1.66. The van der Waals surface area contributed by atoms with E-state index < -0.39 is 0 Å². The molecule has 88 valence electrons. The summed E-state index contributed by atoms with van der Waals surface area (Å²) < 4.78 is 13.4. The van der Waals surface area contributed by atoms with Gasteiger partial charge in [-0.15, -0.1) is 0 Å². The highest BCUT2D eigenvalue weighted by Gasteiger charge is 2.11. The van der Waals surface area contributed by atoms with Gasteiger partial charge in [-0.05, 0) is 25.2 Å². The van der Waals surface area contributed by atoms with E-state index in [1.807, 2.05) is 0 Å². The lowest BCUT2D eigenvalue weighted by molar-refractivity contribution is -0.129. The third-order valence-electron chi connectivity index (χ3n) is 2.17. The van der Waals surface area contributed by atoms with Crippen LogP contribution in [0.2, 0.25) is 5.02 Å². The minimum Gasteiger partial charge on any atom is -0.340 e. The number of hydrogen-bond donors (Lipinski definition) is 1. The molecule has 0 aliphatic rings. The number of halogens is 2. The van der Waals surface area contributed by atoms with Gasteiger partial charge in [-0.25, -0.2) is 4.39 Å². The summed E-state index contributed by atoms with van der Waals surface area (Å²) in [7, 11) is 3.31. The van der Waals surface area contributed by atoms with Gasteiger partial charge >= 0.3 is 0 Å². The summed E-state index contributed by atoms with van der Waals surface area (Å²) in [6, 6.07) is 4.31. The van der Waals surface area contributed by atoms with Gasteiger partial charge in [0.1, 0.15) is 5.82 Å². The van der Waals surface area contributed by atoms with Gasteiger partial charge in [-0.3, -0.25) is 4.79 Å². The number of benzene rings is 1. The van der Waals surface area contributed by atoms with Gasteiger partial charge in [0, 0.05) is 24.2 Å². The summed E-state index contributed by atoms with van der Waals surface area (Å²) in [6.07, 6.45) is 0. The van der Waals surface area contributed by atoms with Crippen molar-refractivity contribution in [3.05, 3.63) is 34.6 Å². The van der Waals surface area contributed by atoms with E-state index >= 15 is 0 Å². The Hall–Kier alpha value is -1.13. The van der Waals surface area contributed by atoms with E-state index in [4.69, 9.17) is 11.6 Å². The third kappa shape index (κ3) is 3.47. The van der Waals surface area contributed by atoms with E-state index in [2.05, 4.69) is 5.32 Å². The van der Waals surface area contributed by atoms with Crippen LogP contribution in [0.25, 0.3) is 0 Å². The minimum absolute atomic E-state index is 0.0955. The zero-order valence-electron chi connectivity index (χ0n) is 9.26. The maximum Gasteiger partial charge on any atom is 0.236 e. The molecule has 0 aliphatic heterocycles. The molecular weight excluding hydrogens is 231 g/mol. The zero-order chi connectivity index (χ0) is 12.1. The normalized spacial score (nSPS) is 10.2. The average molecular weight is 245 g/mol. The Bertz CT molecular complexity index is 384. The Morgan fingerprint density at radius 2 is 2.25 bits per heavy atom. The number of hydrogen-bond acceptors (Lipinski definition) is 2. The van der Waals surface area contributed by atoms with E-state index in [1.54, 1.807) is 14.1 Å². The largest absolute Gasteiger partial charge is 0.340 e. The van der Waals surface area contributed by atoms with Crippen LogP contribution in [0.15, 0.2) is 18.2 Å². The van der Waals surface area contributed by atoms with Crippen LogP contribution in [0.5, 0.6) is 0 Å². The van der Waals surface area contributed by atoms with Crippen LogP contribution < -0.4 is 5.32 Å². The molecule has 0 bridgehead atoms. The number of nitrogens with zero attached hydrogens (tertiary/aromatic N) is 1. The molecule has 3 nitrogen and oxygen atoms in total. The van der Waals surface area contributed by atoms with Crippen LogP contribution in [0.1, 0.15) is 5.56 Å². The molecule has 0 unspecified atom stereocenters. The van der Waals surface area contributed by atoms with Crippen molar-refractivity contribution in [3.8, 4) is 0 Å². The van der Waals surface area contributed by atoms with E-state index in [0.717, 1.165) is 0 Å². The molecule has 16 heavy (non-hydrogen) atoms. The minimum atomic E-state index is -0.353. The smallest absolute Gasteiger partial charge is 0.236 e. The van der Waals surface area contributed by atoms with Gasteiger partial charge < -0.3 is 10.2 Å². The molecule has 1 aromatic rings. The first-order chi connectivity index (χ1) is 7.54. The number of amides is 1. The van der Waals surface area contributed by atoms with Crippen LogP contribution in [-0.2, 0) is 11.3 Å². The Morgan fingerprint density at radius 1 is 1.56 bits per heavy atom. The molecule has 1 amide bonds. The first-order valence-corrected chi connectivity index (χ1v) is 5.25. The highest BCUT2D eigenvalue weighted by atomic mass is 35.5. The van der Waals surface area contributed by atoms with Crippen molar-refractivity contribution in [2.24, 2.45) is 0 Å². The molecule has 0 saturated carbocycles. The fraction of sp³-hybridized carbons (Fsp3) is 0.364. The molecule has 0 saturated heterocycles. The summed E-state index contributed by atoms with van der Waals surface area (Å²) in [6.45, 7) is 0.450. The van der Waals surface area contributed by atoms with Crippen molar-refractivity contribution in [3.63, 3.8) is 0 Å². The van der Waals surface area contributed by atoms with E-state index in [-0.39, 0.29) is 24.8 Å². The zero-order valence-corrected chi connectivity index (χ0v) is 10.0. The number of nitrogens with one attached hydrogen (secondary N) is 1. The van der Waals surface area contributed by atoms with Crippen molar-refractivity contribution < 1.29 is 9.18 Å². The second-order valence-corrected chi connectivity index (χ2v) is 3.95. The van der Waals surface area contributed by atoms with Gasteiger partial charge in [0.15, 0.2) is 0 Å². The van der Waals surface area contributed by atoms with Crippen molar-refractivity contribution in [1.29, 1.82) is 0 Å². The topological polar surface area (TPSA) is 32.3 Å². The maximum atomic E-state index is 13.4. The molecule has 0 atom stereocenters. The number of carbonyl (C=O) groups is 1. The Kier molecular flexibility index (Phi) is 4.71. The lowest BCUT2D eigenvalue weighted by atomic mass is 10.2. The van der Waals surface area contributed by atoms with E-state index in [1.165, 1.54) is 23.1 Å². The predicted molar refractivity (Wildman–Crippen MR) is 61.8 cm³/mol. The van der Waals surface area contributed by atoms with Crippen molar-refractivity contribution >= 4 is 17.5 Å². The van der Waals surface area contributed by atoms with Gasteiger partial charge in [0.05, 0.1) is 6.54 Å². The molecule has 1 N–H and O–H groups in total. The summed E-state index contributed by atoms with van der Waals surface area (Å²) in [4.78, 5) is 12.9. The van der Waals surface area contributed by atoms with Gasteiger partial charge in [0.25, 0.3) is 0 Å². The highest BCUT2D eigenvalue weighted by Crippen LogP contribution is 2.16. The van der Waals surface area contributed by atoms with Gasteiger partial charge in [-0.1, -0.05) is 11.6 Å². The van der Waals surface area contributed by atoms with Crippen molar-refractivity contribution in [2.75, 3.05) is 20.6 Å². The Balaban J connectivity index is 2.72. The van der Waals surface area contributed by atoms with Crippen LogP contribution in [0.4, 0.5) is 4.39 Å². The summed E-state index contributed by atoms with van der Waals surface area (Å²) >= 11 is 5.76. The van der Waals surface area contributed by atoms with Gasteiger partial charge in [-0.2, -0.15) is 0 Å². The lowest BCUT2D eigenvalue weighted by Gasteiger charge is -2.17. The first kappa shape index (κ1) is 12.9. The average Bonchev–Trinajstić information content (AvgIpc) is 2.23. The molecule has 0 aliphatic carbocycles. The molecule has 5 heteroatoms. The molecule has 1 aromatic carbocycles. The summed E-state index contributed by atoms with van der Waals surface area (Å²) in [5.74, 6) is -0.449. The molecule has 0 radical (unpaired) electrons. The molecule has 0 fully saturated rings. The number of carbonyl (C=O) groups excluding carboxylic acids is 1. The maximum absolute atomic E-state index is 13.4. The molecular formula is C11H14ClFN2O. The van der Waals surface area contributed by atoms with Crippen LogP contribution in [0.3, 0.4) is 0 Å². The fourth-order valence-electron chi connectivity index (χ4n) is 1.29. The second-order valence-electron chi connectivity index (χ2n) is 3.52. The highest BCUT2D eigenvalue weighted by molar-refractivity contribution is 6.30. The van der Waals surface area contributed by atoms with Crippen LogP contribution in [-0.4, -0.2) is 31.4 Å². The van der Waals surface area contributed by atoms with Crippen LogP contribution in [0, 0.1) is 5.82 Å². The van der Waals surface area contributed by atoms with E-state index in [9.17, 15) is 9.18 Å². The second kappa shape index (κ2) is 5.82. The third-order valence-corrected chi connectivity index (χ3v) is 2.40. The molecule has 1 rings (SSSR count). The molecule has 0 spiro atoms. The number of likely N-dealkylation sites (N-methyl/N-ethyl adjacent to an activating group) is 2. The Labute approximate surface area is 99.2 Å². The van der Waals surface area contributed by atoms with Gasteiger partial charge in [0.2, 0.25) is 5.91 Å².